The highest BCUT2D eigenvalue weighted by Gasteiger charge is 2.45. The standard InChI is InChI=1S/C17H17BrN4O/c18-12-4-3-5-13(8-12)20-17(23)22-11-14-9-15(22)10-21(14)16-6-1-2-7-19-16/h1-8,14-15H,9-11H2,(H,20,23)/t14-,15-/m0/s1. The molecule has 118 valence electrons. The average molecular weight is 373 g/mol. The molecule has 2 bridgehead atoms. The van der Waals surface area contributed by atoms with Crippen molar-refractivity contribution in [1.82, 2.24) is 9.88 Å². The lowest BCUT2D eigenvalue weighted by Crippen LogP contribution is -2.50. The summed E-state index contributed by atoms with van der Waals surface area (Å²) < 4.78 is 0.958. The fourth-order valence-electron chi connectivity index (χ4n) is 3.48. The number of hydrogen-bond acceptors (Lipinski definition) is 3. The molecule has 2 saturated heterocycles. The number of pyridine rings is 1. The SMILES string of the molecule is O=C(Nc1cccc(Br)c1)N1C[C@@H]2C[C@H]1CN2c1ccccn1. The number of carbonyl (C=O) groups excluding carboxylic acids is 1. The minimum absolute atomic E-state index is 0.0173. The van der Waals surface area contributed by atoms with E-state index in [1.807, 2.05) is 53.6 Å². The van der Waals surface area contributed by atoms with E-state index in [0.29, 0.717) is 6.04 Å². The van der Waals surface area contributed by atoms with E-state index < -0.39 is 0 Å². The number of urea groups is 1. The van der Waals surface area contributed by atoms with E-state index in [-0.39, 0.29) is 12.1 Å². The first-order valence-corrected chi connectivity index (χ1v) is 8.51. The highest BCUT2D eigenvalue weighted by atomic mass is 79.9. The van der Waals surface area contributed by atoms with Crippen molar-refractivity contribution in [3.8, 4) is 0 Å². The molecule has 1 aromatic carbocycles. The summed E-state index contributed by atoms with van der Waals surface area (Å²) in [6.45, 7) is 1.61. The highest BCUT2D eigenvalue weighted by molar-refractivity contribution is 9.10. The Balaban J connectivity index is 1.43. The summed E-state index contributed by atoms with van der Waals surface area (Å²) >= 11 is 3.42. The number of nitrogens with zero attached hydrogens (tertiary/aromatic N) is 3. The number of piperazine rings is 1. The van der Waals surface area contributed by atoms with Crippen LogP contribution in [0.2, 0.25) is 0 Å². The molecule has 4 rings (SSSR count). The summed E-state index contributed by atoms with van der Waals surface area (Å²) in [5.74, 6) is 1.01. The van der Waals surface area contributed by atoms with E-state index in [9.17, 15) is 4.79 Å². The van der Waals surface area contributed by atoms with Gasteiger partial charge in [-0.2, -0.15) is 0 Å². The van der Waals surface area contributed by atoms with Crippen LogP contribution >= 0.6 is 15.9 Å². The number of anilines is 2. The van der Waals surface area contributed by atoms with Gasteiger partial charge in [0.15, 0.2) is 0 Å². The van der Waals surface area contributed by atoms with Crippen molar-refractivity contribution in [2.45, 2.75) is 18.5 Å². The van der Waals surface area contributed by atoms with Gasteiger partial charge >= 0.3 is 6.03 Å². The minimum Gasteiger partial charge on any atom is -0.350 e. The van der Waals surface area contributed by atoms with Crippen LogP contribution < -0.4 is 10.2 Å². The van der Waals surface area contributed by atoms with Crippen LogP contribution in [0.1, 0.15) is 6.42 Å². The lowest BCUT2D eigenvalue weighted by Gasteiger charge is -2.34. The van der Waals surface area contributed by atoms with Gasteiger partial charge in [-0.05, 0) is 36.8 Å². The zero-order valence-corrected chi connectivity index (χ0v) is 14.1. The smallest absolute Gasteiger partial charge is 0.322 e. The third kappa shape index (κ3) is 2.79. The molecule has 0 unspecified atom stereocenters. The molecule has 0 spiro atoms. The summed E-state index contributed by atoms with van der Waals surface area (Å²) in [5, 5.41) is 2.99. The Morgan fingerprint density at radius 3 is 2.78 bits per heavy atom. The van der Waals surface area contributed by atoms with Gasteiger partial charge in [-0.15, -0.1) is 0 Å². The van der Waals surface area contributed by atoms with Crippen LogP contribution in [0.3, 0.4) is 0 Å². The summed E-state index contributed by atoms with van der Waals surface area (Å²) in [4.78, 5) is 21.2. The van der Waals surface area contributed by atoms with Crippen LogP contribution in [0.25, 0.3) is 0 Å². The van der Waals surface area contributed by atoms with E-state index >= 15 is 0 Å². The van der Waals surface area contributed by atoms with Gasteiger partial charge in [0.05, 0.1) is 12.1 Å². The number of nitrogens with one attached hydrogen (secondary N) is 1. The summed E-state index contributed by atoms with van der Waals surface area (Å²) in [5.41, 5.74) is 0.814. The largest absolute Gasteiger partial charge is 0.350 e. The zero-order chi connectivity index (χ0) is 15.8. The van der Waals surface area contributed by atoms with Crippen molar-refractivity contribution in [2.24, 2.45) is 0 Å². The number of benzene rings is 1. The molecule has 23 heavy (non-hydrogen) atoms. The van der Waals surface area contributed by atoms with Gasteiger partial charge in [-0.3, -0.25) is 0 Å². The fraction of sp³-hybridized carbons (Fsp3) is 0.294. The van der Waals surface area contributed by atoms with Crippen LogP contribution in [-0.4, -0.2) is 41.1 Å². The van der Waals surface area contributed by atoms with Gasteiger partial charge in [-0.25, -0.2) is 9.78 Å². The third-order valence-corrected chi connectivity index (χ3v) is 5.01. The molecule has 6 heteroatoms. The Morgan fingerprint density at radius 1 is 1.17 bits per heavy atom. The van der Waals surface area contributed by atoms with Crippen LogP contribution in [0.5, 0.6) is 0 Å². The topological polar surface area (TPSA) is 48.5 Å². The van der Waals surface area contributed by atoms with E-state index in [0.717, 1.165) is 35.5 Å². The molecule has 1 aromatic heterocycles. The van der Waals surface area contributed by atoms with Crippen molar-refractivity contribution < 1.29 is 4.79 Å². The molecule has 2 aliphatic rings. The second-order valence-electron chi connectivity index (χ2n) is 5.98. The summed E-state index contributed by atoms with van der Waals surface area (Å²) in [7, 11) is 0. The first-order chi connectivity index (χ1) is 11.2. The second-order valence-corrected chi connectivity index (χ2v) is 6.89. The quantitative estimate of drug-likeness (QED) is 0.879. The van der Waals surface area contributed by atoms with Crippen LogP contribution in [-0.2, 0) is 0 Å². The van der Waals surface area contributed by atoms with Crippen LogP contribution in [0.15, 0.2) is 53.1 Å². The van der Waals surface area contributed by atoms with E-state index in [1.54, 1.807) is 0 Å². The van der Waals surface area contributed by atoms with Crippen molar-refractivity contribution in [1.29, 1.82) is 0 Å². The zero-order valence-electron chi connectivity index (χ0n) is 12.5. The normalized spacial score (nSPS) is 22.5. The van der Waals surface area contributed by atoms with E-state index in [4.69, 9.17) is 0 Å². The maximum absolute atomic E-state index is 12.5. The lowest BCUT2D eigenvalue weighted by atomic mass is 10.2. The number of amides is 2. The molecular formula is C17H17BrN4O. The number of rotatable bonds is 2. The molecular weight excluding hydrogens is 356 g/mol. The number of likely N-dealkylation sites (tertiary alicyclic amines) is 1. The fourth-order valence-corrected chi connectivity index (χ4v) is 3.88. The number of aromatic nitrogens is 1. The minimum atomic E-state index is -0.0173. The molecule has 0 saturated carbocycles. The monoisotopic (exact) mass is 372 g/mol. The van der Waals surface area contributed by atoms with Gasteiger partial charge in [-0.1, -0.05) is 28.1 Å². The first-order valence-electron chi connectivity index (χ1n) is 7.71. The van der Waals surface area contributed by atoms with Gasteiger partial charge in [0, 0.05) is 29.4 Å². The van der Waals surface area contributed by atoms with Crippen LogP contribution in [0, 0.1) is 0 Å². The van der Waals surface area contributed by atoms with Crippen molar-refractivity contribution >= 4 is 33.5 Å². The number of fused-ring (bicyclic) bond motifs is 2. The number of carbonyl (C=O) groups is 1. The lowest BCUT2D eigenvalue weighted by molar-refractivity contribution is 0.202. The summed E-state index contributed by atoms with van der Waals surface area (Å²) in [6.07, 6.45) is 2.83. The molecule has 2 aliphatic heterocycles. The molecule has 2 amide bonds. The van der Waals surface area contributed by atoms with Gasteiger partial charge in [0.1, 0.15) is 5.82 Å². The Morgan fingerprint density at radius 2 is 2.09 bits per heavy atom. The van der Waals surface area contributed by atoms with Gasteiger partial charge in [0.25, 0.3) is 0 Å². The van der Waals surface area contributed by atoms with Crippen molar-refractivity contribution in [3.63, 3.8) is 0 Å². The highest BCUT2D eigenvalue weighted by Crippen LogP contribution is 2.33. The molecule has 0 radical (unpaired) electrons. The molecule has 5 nitrogen and oxygen atoms in total. The van der Waals surface area contributed by atoms with Gasteiger partial charge < -0.3 is 15.1 Å². The number of hydrogen-bond donors (Lipinski definition) is 1. The molecule has 2 atom stereocenters. The maximum Gasteiger partial charge on any atom is 0.322 e. The van der Waals surface area contributed by atoms with Crippen LogP contribution in [0.4, 0.5) is 16.3 Å². The first kappa shape index (κ1) is 14.5. The maximum atomic E-state index is 12.5. The Bertz CT molecular complexity index is 724. The van der Waals surface area contributed by atoms with E-state index in [2.05, 4.69) is 31.1 Å². The number of halogens is 1. The predicted molar refractivity (Wildman–Crippen MR) is 93.6 cm³/mol. The van der Waals surface area contributed by atoms with Crippen molar-refractivity contribution in [2.75, 3.05) is 23.3 Å². The summed E-state index contributed by atoms with van der Waals surface area (Å²) in [6, 6.07) is 14.2. The molecule has 0 aliphatic carbocycles. The molecule has 2 fully saturated rings. The Hall–Kier alpha value is -2.08. The molecule has 2 aromatic rings. The Labute approximate surface area is 143 Å². The van der Waals surface area contributed by atoms with Gasteiger partial charge in [0.2, 0.25) is 0 Å². The Kier molecular flexibility index (Phi) is 3.69. The molecule has 3 heterocycles. The predicted octanol–water partition coefficient (Wildman–Crippen LogP) is 3.34. The molecule has 1 N–H and O–H groups in total. The third-order valence-electron chi connectivity index (χ3n) is 4.52. The second kappa shape index (κ2) is 5.85. The van der Waals surface area contributed by atoms with Crippen molar-refractivity contribution in [3.05, 3.63) is 53.1 Å². The average Bonchev–Trinajstić information content (AvgIpc) is 3.16. The van der Waals surface area contributed by atoms with E-state index in [1.165, 1.54) is 0 Å².